The molecule has 0 aliphatic carbocycles. The number of benzene rings is 2. The van der Waals surface area contributed by atoms with Crippen LogP contribution in [0.5, 0.6) is 0 Å². The van der Waals surface area contributed by atoms with Gasteiger partial charge in [-0.05, 0) is 43.0 Å². The molecule has 0 bridgehead atoms. The van der Waals surface area contributed by atoms with Crippen LogP contribution < -0.4 is 5.32 Å². The monoisotopic (exact) mass is 445 g/mol. The molecule has 2 aromatic carbocycles. The van der Waals surface area contributed by atoms with Gasteiger partial charge in [-0.1, -0.05) is 53.9 Å². The fraction of sp³-hybridized carbons (Fsp3) is 0.304. The van der Waals surface area contributed by atoms with Crippen LogP contribution >= 0.6 is 23.2 Å². The van der Waals surface area contributed by atoms with E-state index in [4.69, 9.17) is 27.9 Å². The van der Waals surface area contributed by atoms with Crippen LogP contribution in [0.25, 0.3) is 0 Å². The molecular formula is C23H25Cl2N3O2. The van der Waals surface area contributed by atoms with E-state index >= 15 is 0 Å². The van der Waals surface area contributed by atoms with Crippen LogP contribution in [0.2, 0.25) is 10.0 Å². The number of anilines is 2. The summed E-state index contributed by atoms with van der Waals surface area (Å²) in [5.74, 6) is -0.243. The van der Waals surface area contributed by atoms with Gasteiger partial charge in [0.15, 0.2) is 0 Å². The van der Waals surface area contributed by atoms with Gasteiger partial charge in [-0.25, -0.2) is 4.98 Å². The third kappa shape index (κ3) is 6.78. The molecule has 1 aromatic heterocycles. The maximum absolute atomic E-state index is 12.3. The number of unbranched alkanes of at least 4 members (excludes halogenated alkanes) is 3. The lowest BCUT2D eigenvalue weighted by molar-refractivity contribution is -0.142. The van der Waals surface area contributed by atoms with Crippen LogP contribution in [0.1, 0.15) is 31.2 Å². The van der Waals surface area contributed by atoms with E-state index in [1.807, 2.05) is 36.8 Å². The van der Waals surface area contributed by atoms with Gasteiger partial charge in [-0.3, -0.25) is 4.79 Å². The lowest BCUT2D eigenvalue weighted by Gasteiger charge is -2.14. The zero-order valence-electron chi connectivity index (χ0n) is 16.7. The van der Waals surface area contributed by atoms with Crippen LogP contribution in [0.3, 0.4) is 0 Å². The van der Waals surface area contributed by atoms with E-state index in [2.05, 4.69) is 14.9 Å². The second kappa shape index (κ2) is 11.6. The van der Waals surface area contributed by atoms with Gasteiger partial charge in [-0.15, -0.1) is 0 Å². The number of halogens is 2. The van der Waals surface area contributed by atoms with Gasteiger partial charge in [0.2, 0.25) is 0 Å². The predicted molar refractivity (Wildman–Crippen MR) is 122 cm³/mol. The number of esters is 1. The summed E-state index contributed by atoms with van der Waals surface area (Å²) in [4.78, 5) is 16.3. The Hall–Kier alpha value is -2.50. The quantitative estimate of drug-likeness (QED) is 0.278. The van der Waals surface area contributed by atoms with Crippen molar-refractivity contribution >= 4 is 40.5 Å². The van der Waals surface area contributed by atoms with Crippen molar-refractivity contribution in [1.29, 1.82) is 0 Å². The molecule has 5 nitrogen and oxygen atoms in total. The van der Waals surface area contributed by atoms with Crippen molar-refractivity contribution in [3.63, 3.8) is 0 Å². The van der Waals surface area contributed by atoms with E-state index in [9.17, 15) is 4.79 Å². The fourth-order valence-corrected chi connectivity index (χ4v) is 3.60. The van der Waals surface area contributed by atoms with Crippen LogP contribution in [-0.4, -0.2) is 22.1 Å². The second-order valence-electron chi connectivity index (χ2n) is 6.99. The molecule has 0 spiro atoms. The molecule has 0 aliphatic rings. The molecule has 0 saturated carbocycles. The van der Waals surface area contributed by atoms with Gasteiger partial charge in [-0.2, -0.15) is 0 Å². The van der Waals surface area contributed by atoms with Crippen LogP contribution in [0.15, 0.2) is 61.2 Å². The Balaban J connectivity index is 1.42. The number of imidazole rings is 1. The van der Waals surface area contributed by atoms with Crippen molar-refractivity contribution in [1.82, 2.24) is 9.55 Å². The highest BCUT2D eigenvalue weighted by Gasteiger charge is 2.12. The Bertz CT molecular complexity index is 925. The number of aryl methyl sites for hydroxylation is 1. The first-order valence-corrected chi connectivity index (χ1v) is 10.8. The number of nitrogens with one attached hydrogen (secondary N) is 1. The first kappa shape index (κ1) is 22.2. The minimum absolute atomic E-state index is 0.186. The third-order valence-electron chi connectivity index (χ3n) is 4.71. The number of rotatable bonds is 11. The number of ether oxygens (including phenoxy) is 1. The van der Waals surface area contributed by atoms with Gasteiger partial charge < -0.3 is 14.6 Å². The molecule has 3 rings (SSSR count). The predicted octanol–water partition coefficient (Wildman–Crippen LogP) is 6.28. The van der Waals surface area contributed by atoms with Crippen molar-refractivity contribution in [2.75, 3.05) is 11.9 Å². The van der Waals surface area contributed by atoms with Crippen molar-refractivity contribution in [2.24, 2.45) is 0 Å². The number of carbonyl (C=O) groups is 1. The largest absolute Gasteiger partial charge is 0.465 e. The summed E-state index contributed by atoms with van der Waals surface area (Å²) < 4.78 is 7.49. The number of nitrogens with zero attached hydrogens (tertiary/aromatic N) is 2. The first-order valence-electron chi connectivity index (χ1n) is 10.0. The van der Waals surface area contributed by atoms with E-state index in [1.54, 1.807) is 24.4 Å². The number of hydrogen-bond acceptors (Lipinski definition) is 4. The molecule has 0 fully saturated rings. The molecule has 1 heterocycles. The first-order chi connectivity index (χ1) is 14.6. The van der Waals surface area contributed by atoms with E-state index in [1.165, 1.54) is 0 Å². The van der Waals surface area contributed by atoms with Crippen LogP contribution in [0, 0.1) is 0 Å². The molecular weight excluding hydrogens is 421 g/mol. The smallest absolute Gasteiger partial charge is 0.310 e. The molecule has 0 atom stereocenters. The molecule has 30 heavy (non-hydrogen) atoms. The lowest BCUT2D eigenvalue weighted by atomic mass is 10.1. The molecule has 0 aliphatic heterocycles. The van der Waals surface area contributed by atoms with Crippen LogP contribution in [-0.2, 0) is 22.5 Å². The van der Waals surface area contributed by atoms with Gasteiger partial charge >= 0.3 is 5.97 Å². The normalized spacial score (nSPS) is 10.7. The average molecular weight is 446 g/mol. The summed E-state index contributed by atoms with van der Waals surface area (Å²) in [5, 5.41) is 4.28. The number of hydrogen-bond donors (Lipinski definition) is 1. The highest BCUT2D eigenvalue weighted by atomic mass is 35.5. The van der Waals surface area contributed by atoms with E-state index in [0.717, 1.165) is 43.5 Å². The van der Waals surface area contributed by atoms with Gasteiger partial charge in [0, 0.05) is 24.6 Å². The lowest BCUT2D eigenvalue weighted by Crippen LogP contribution is -2.10. The summed E-state index contributed by atoms with van der Waals surface area (Å²) in [5.41, 5.74) is 2.24. The Labute approximate surface area is 187 Å². The van der Waals surface area contributed by atoms with E-state index < -0.39 is 0 Å². The Morgan fingerprint density at radius 1 is 1.00 bits per heavy atom. The standard InChI is InChI=1S/C23H25Cl2N3O2/c24-19-9-7-10-20(25)23(19)27-21-11-4-3-8-18(21)16-22(29)30-15-6-2-1-5-13-28-14-12-26-17-28/h3-4,7-12,14,17,27H,1-2,5-6,13,15-16H2. The SMILES string of the molecule is O=C(Cc1ccccc1Nc1c(Cl)cccc1Cl)OCCCCCCn1ccnc1. The third-order valence-corrected chi connectivity index (χ3v) is 5.34. The zero-order valence-corrected chi connectivity index (χ0v) is 18.2. The summed E-state index contributed by atoms with van der Waals surface area (Å²) in [7, 11) is 0. The number of aromatic nitrogens is 2. The number of carbonyl (C=O) groups excluding carboxylic acids is 1. The molecule has 7 heteroatoms. The molecule has 1 N–H and O–H groups in total. The number of para-hydroxylation sites is 2. The van der Waals surface area contributed by atoms with Crippen LogP contribution in [0.4, 0.5) is 11.4 Å². The van der Waals surface area contributed by atoms with Crippen molar-refractivity contribution in [3.05, 3.63) is 76.8 Å². The zero-order chi connectivity index (χ0) is 21.2. The average Bonchev–Trinajstić information content (AvgIpc) is 3.25. The molecule has 158 valence electrons. The van der Waals surface area contributed by atoms with Crippen molar-refractivity contribution in [2.45, 2.75) is 38.6 Å². The topological polar surface area (TPSA) is 56.1 Å². The van der Waals surface area contributed by atoms with Gasteiger partial charge in [0.25, 0.3) is 0 Å². The fourth-order valence-electron chi connectivity index (χ4n) is 3.11. The molecule has 0 unspecified atom stereocenters. The molecule has 0 amide bonds. The minimum atomic E-state index is -0.243. The molecule has 0 saturated heterocycles. The highest BCUT2D eigenvalue weighted by molar-refractivity contribution is 6.39. The summed E-state index contributed by atoms with van der Waals surface area (Å²) in [6.45, 7) is 1.41. The summed E-state index contributed by atoms with van der Waals surface area (Å²) in [6.07, 6.45) is 9.86. The minimum Gasteiger partial charge on any atom is -0.465 e. The summed E-state index contributed by atoms with van der Waals surface area (Å²) in [6, 6.07) is 12.9. The maximum atomic E-state index is 12.3. The Morgan fingerprint density at radius 3 is 2.53 bits per heavy atom. The molecule has 3 aromatic rings. The Kier molecular flexibility index (Phi) is 8.60. The highest BCUT2D eigenvalue weighted by Crippen LogP contribution is 2.33. The molecule has 0 radical (unpaired) electrons. The van der Waals surface area contributed by atoms with Gasteiger partial charge in [0.1, 0.15) is 0 Å². The van der Waals surface area contributed by atoms with Crippen molar-refractivity contribution < 1.29 is 9.53 Å². The van der Waals surface area contributed by atoms with Crippen molar-refractivity contribution in [3.8, 4) is 0 Å². The second-order valence-corrected chi connectivity index (χ2v) is 7.81. The van der Waals surface area contributed by atoms with Gasteiger partial charge in [0.05, 0.1) is 35.1 Å². The maximum Gasteiger partial charge on any atom is 0.310 e. The summed E-state index contributed by atoms with van der Waals surface area (Å²) >= 11 is 12.5. The van der Waals surface area contributed by atoms with E-state index in [0.29, 0.717) is 22.3 Å². The van der Waals surface area contributed by atoms with E-state index in [-0.39, 0.29) is 12.4 Å². The Morgan fingerprint density at radius 2 is 1.77 bits per heavy atom.